The second kappa shape index (κ2) is 3.86. The Kier molecular flexibility index (Phi) is 2.34. The lowest BCUT2D eigenvalue weighted by Gasteiger charge is -1.98. The number of nitrogens with zero attached hydrogens (tertiary/aromatic N) is 2. The van der Waals surface area contributed by atoms with Crippen molar-refractivity contribution in [3.8, 4) is 11.5 Å². The fourth-order valence-electron chi connectivity index (χ4n) is 1.77. The Morgan fingerprint density at radius 2 is 1.94 bits per heavy atom. The monoisotopic (exact) mass is 244 g/mol. The molecule has 3 nitrogen and oxygen atoms in total. The van der Waals surface area contributed by atoms with Crippen LogP contribution in [0, 0.1) is 6.92 Å². The molecule has 0 fully saturated rings. The molecular formula is C13H9ClN2O. The van der Waals surface area contributed by atoms with Crippen LogP contribution >= 0.6 is 11.6 Å². The maximum atomic E-state index is 5.91. The van der Waals surface area contributed by atoms with Crippen molar-refractivity contribution in [2.45, 2.75) is 6.92 Å². The number of fused-ring (bicyclic) bond motifs is 1. The topological polar surface area (TPSA) is 38.9 Å². The van der Waals surface area contributed by atoms with E-state index in [1.165, 1.54) is 0 Å². The van der Waals surface area contributed by atoms with Crippen LogP contribution in [-0.2, 0) is 0 Å². The van der Waals surface area contributed by atoms with E-state index in [1.807, 2.05) is 30.3 Å². The lowest BCUT2D eigenvalue weighted by atomic mass is 10.2. The zero-order valence-electron chi connectivity index (χ0n) is 9.14. The van der Waals surface area contributed by atoms with E-state index in [4.69, 9.17) is 16.0 Å². The molecule has 3 aromatic rings. The van der Waals surface area contributed by atoms with E-state index in [0.29, 0.717) is 22.4 Å². The van der Waals surface area contributed by atoms with Gasteiger partial charge >= 0.3 is 0 Å². The summed E-state index contributed by atoms with van der Waals surface area (Å²) in [5.74, 6) is 1.34. The van der Waals surface area contributed by atoms with Crippen LogP contribution in [0.5, 0.6) is 0 Å². The molecule has 0 aliphatic heterocycles. The van der Waals surface area contributed by atoms with Crippen LogP contribution < -0.4 is 0 Å². The number of halogens is 1. The second-order valence-electron chi connectivity index (χ2n) is 3.77. The molecule has 3 rings (SSSR count). The first-order valence-corrected chi connectivity index (χ1v) is 5.60. The number of aromatic nitrogens is 2. The summed E-state index contributed by atoms with van der Waals surface area (Å²) in [5, 5.41) is 1.47. The molecular weight excluding hydrogens is 236 g/mol. The first-order chi connectivity index (χ1) is 8.22. The van der Waals surface area contributed by atoms with Gasteiger partial charge < -0.3 is 4.42 Å². The number of hydrogen-bond donors (Lipinski definition) is 0. The summed E-state index contributed by atoms with van der Waals surface area (Å²) in [4.78, 5) is 8.34. The molecule has 4 heteroatoms. The molecule has 0 amide bonds. The van der Waals surface area contributed by atoms with E-state index in [9.17, 15) is 0 Å². The van der Waals surface area contributed by atoms with Crippen molar-refractivity contribution in [3.63, 3.8) is 0 Å². The second-order valence-corrected chi connectivity index (χ2v) is 4.16. The molecule has 1 aromatic carbocycles. The van der Waals surface area contributed by atoms with Gasteiger partial charge in [-0.2, -0.15) is 0 Å². The van der Waals surface area contributed by atoms with Crippen molar-refractivity contribution in [2.75, 3.05) is 0 Å². The molecule has 0 aliphatic rings. The Balaban J connectivity index is 2.20. The van der Waals surface area contributed by atoms with Gasteiger partial charge in [0.2, 0.25) is 0 Å². The predicted molar refractivity (Wildman–Crippen MR) is 67.0 cm³/mol. The zero-order chi connectivity index (χ0) is 11.8. The first-order valence-electron chi connectivity index (χ1n) is 5.22. The van der Waals surface area contributed by atoms with Crippen LogP contribution in [0.1, 0.15) is 5.82 Å². The van der Waals surface area contributed by atoms with Crippen LogP contribution in [0.25, 0.3) is 22.4 Å². The van der Waals surface area contributed by atoms with Crippen molar-refractivity contribution < 1.29 is 4.42 Å². The van der Waals surface area contributed by atoms with E-state index >= 15 is 0 Å². The molecule has 0 bridgehead atoms. The van der Waals surface area contributed by atoms with Crippen LogP contribution in [0.3, 0.4) is 0 Å². The smallest absolute Gasteiger partial charge is 0.153 e. The third-order valence-corrected chi connectivity index (χ3v) is 2.68. The molecule has 17 heavy (non-hydrogen) atoms. The van der Waals surface area contributed by atoms with E-state index in [-0.39, 0.29) is 0 Å². The molecule has 2 aromatic heterocycles. The molecule has 84 valence electrons. The average molecular weight is 245 g/mol. The molecule has 0 unspecified atom stereocenters. The van der Waals surface area contributed by atoms with Gasteiger partial charge in [-0.1, -0.05) is 29.8 Å². The molecule has 0 spiro atoms. The summed E-state index contributed by atoms with van der Waals surface area (Å²) >= 11 is 5.91. The summed E-state index contributed by atoms with van der Waals surface area (Å²) in [6.45, 7) is 1.80. The lowest BCUT2D eigenvalue weighted by molar-refractivity contribution is 0.628. The van der Waals surface area contributed by atoms with E-state index < -0.39 is 0 Å². The fraction of sp³-hybridized carbons (Fsp3) is 0.0769. The van der Waals surface area contributed by atoms with Crippen molar-refractivity contribution in [1.29, 1.82) is 0 Å². The minimum Gasteiger partial charge on any atom is -0.454 e. The maximum absolute atomic E-state index is 5.91. The highest BCUT2D eigenvalue weighted by atomic mass is 35.5. The van der Waals surface area contributed by atoms with Crippen LogP contribution in [-0.4, -0.2) is 9.97 Å². The summed E-state index contributed by atoms with van der Waals surface area (Å²) in [7, 11) is 0. The number of para-hydroxylation sites is 1. The van der Waals surface area contributed by atoms with Crippen LogP contribution in [0.15, 0.2) is 40.8 Å². The quantitative estimate of drug-likeness (QED) is 0.611. The summed E-state index contributed by atoms with van der Waals surface area (Å²) in [5.41, 5.74) is 1.55. The van der Waals surface area contributed by atoms with E-state index in [0.717, 1.165) is 11.0 Å². The van der Waals surface area contributed by atoms with Gasteiger partial charge in [0.05, 0.1) is 0 Å². The molecule has 0 N–H and O–H groups in total. The maximum Gasteiger partial charge on any atom is 0.153 e. The van der Waals surface area contributed by atoms with Gasteiger partial charge in [-0.3, -0.25) is 0 Å². The van der Waals surface area contributed by atoms with Crippen molar-refractivity contribution in [3.05, 3.63) is 47.4 Å². The van der Waals surface area contributed by atoms with Gasteiger partial charge in [0, 0.05) is 11.5 Å². The highest BCUT2D eigenvalue weighted by molar-refractivity contribution is 6.29. The number of hydrogen-bond acceptors (Lipinski definition) is 3. The third kappa shape index (κ3) is 1.89. The molecule has 0 saturated carbocycles. The van der Waals surface area contributed by atoms with Gasteiger partial charge in [0.1, 0.15) is 22.3 Å². The molecule has 2 heterocycles. The first kappa shape index (κ1) is 10.3. The number of aryl methyl sites for hydroxylation is 1. The largest absolute Gasteiger partial charge is 0.454 e. The zero-order valence-corrected chi connectivity index (χ0v) is 9.90. The number of rotatable bonds is 1. The lowest BCUT2D eigenvalue weighted by Crippen LogP contribution is -1.90. The van der Waals surface area contributed by atoms with Gasteiger partial charge in [-0.25, -0.2) is 9.97 Å². The van der Waals surface area contributed by atoms with E-state index in [1.54, 1.807) is 13.0 Å². The highest BCUT2D eigenvalue weighted by Gasteiger charge is 2.08. The third-order valence-electron chi connectivity index (χ3n) is 2.48. The van der Waals surface area contributed by atoms with Crippen molar-refractivity contribution in [1.82, 2.24) is 9.97 Å². The standard InChI is InChI=1S/C13H9ClN2O/c1-8-15-10(7-13(14)16-8)12-6-9-4-2-3-5-11(9)17-12/h2-7H,1H3. The Labute approximate surface area is 103 Å². The van der Waals surface area contributed by atoms with Crippen LogP contribution in [0.2, 0.25) is 5.15 Å². The van der Waals surface area contributed by atoms with Gasteiger partial charge in [-0.15, -0.1) is 0 Å². The minimum absolute atomic E-state index is 0.424. The molecule has 0 aliphatic carbocycles. The fourth-order valence-corrected chi connectivity index (χ4v) is 1.99. The Hall–Kier alpha value is -1.87. The van der Waals surface area contributed by atoms with Crippen molar-refractivity contribution >= 4 is 22.6 Å². The Morgan fingerprint density at radius 1 is 1.12 bits per heavy atom. The average Bonchev–Trinajstić information content (AvgIpc) is 2.71. The summed E-state index contributed by atoms with van der Waals surface area (Å²) in [6.07, 6.45) is 0. The molecule has 0 atom stereocenters. The SMILES string of the molecule is Cc1nc(Cl)cc(-c2cc3ccccc3o2)n1. The Morgan fingerprint density at radius 3 is 2.71 bits per heavy atom. The van der Waals surface area contributed by atoms with E-state index in [2.05, 4.69) is 9.97 Å². The van der Waals surface area contributed by atoms with Crippen LogP contribution in [0.4, 0.5) is 0 Å². The van der Waals surface area contributed by atoms with Gasteiger partial charge in [0.15, 0.2) is 5.76 Å². The normalized spacial score (nSPS) is 10.9. The number of benzene rings is 1. The molecule has 0 radical (unpaired) electrons. The summed E-state index contributed by atoms with van der Waals surface area (Å²) < 4.78 is 5.72. The predicted octanol–water partition coefficient (Wildman–Crippen LogP) is 3.85. The molecule has 0 saturated heterocycles. The summed E-state index contributed by atoms with van der Waals surface area (Å²) in [6, 6.07) is 11.5. The number of furan rings is 1. The minimum atomic E-state index is 0.424. The van der Waals surface area contributed by atoms with Crippen molar-refractivity contribution in [2.24, 2.45) is 0 Å². The van der Waals surface area contributed by atoms with Gasteiger partial charge in [0.25, 0.3) is 0 Å². The Bertz CT molecular complexity index is 637. The van der Waals surface area contributed by atoms with Gasteiger partial charge in [-0.05, 0) is 19.1 Å². The highest BCUT2D eigenvalue weighted by Crippen LogP contribution is 2.27.